The van der Waals surface area contributed by atoms with E-state index in [0.29, 0.717) is 0 Å². The maximum absolute atomic E-state index is 6.80. The molecular weight excluding hydrogens is 639 g/mol. The van der Waals surface area contributed by atoms with Gasteiger partial charge in [-0.15, -0.1) is 0 Å². The van der Waals surface area contributed by atoms with Gasteiger partial charge in [-0.3, -0.25) is 4.90 Å². The first-order valence-electron chi connectivity index (χ1n) is 17.5. The summed E-state index contributed by atoms with van der Waals surface area (Å²) in [6, 6.07) is 61.2. The van der Waals surface area contributed by atoms with Crippen molar-refractivity contribution in [3.63, 3.8) is 0 Å². The lowest BCUT2D eigenvalue weighted by Crippen LogP contribution is -2.20. The van der Waals surface area contributed by atoms with Crippen LogP contribution in [0, 0.1) is 0 Å². The molecule has 2 aliphatic heterocycles. The Morgan fingerprint density at radius 2 is 0.923 bits per heavy atom. The third-order valence-electron chi connectivity index (χ3n) is 10.3. The number of rotatable bonds is 4. The summed E-state index contributed by atoms with van der Waals surface area (Å²) in [5, 5.41) is 2.26. The van der Waals surface area contributed by atoms with Crippen LogP contribution in [0.4, 0.5) is 17.1 Å². The molecule has 3 heterocycles. The van der Waals surface area contributed by atoms with Gasteiger partial charge in [0.1, 0.15) is 16.9 Å². The normalized spacial score (nSPS) is 12.5. The van der Waals surface area contributed by atoms with Gasteiger partial charge < -0.3 is 13.9 Å². The molecule has 0 saturated carbocycles. The highest BCUT2D eigenvalue weighted by molar-refractivity contribution is 6.09. The van der Waals surface area contributed by atoms with Crippen LogP contribution in [0.5, 0.6) is 23.0 Å². The van der Waals surface area contributed by atoms with Crippen molar-refractivity contribution in [1.29, 1.82) is 0 Å². The maximum atomic E-state index is 6.80. The molecule has 0 amide bonds. The number of fused-ring (bicyclic) bond motifs is 7. The monoisotopic (exact) mass is 667 g/mol. The first kappa shape index (κ1) is 28.8. The molecule has 11 rings (SSSR count). The molecule has 0 N–H and O–H groups in total. The van der Waals surface area contributed by atoms with Crippen LogP contribution in [0.15, 0.2) is 180 Å². The number of para-hydroxylation sites is 4. The van der Waals surface area contributed by atoms with E-state index in [9.17, 15) is 0 Å². The maximum Gasteiger partial charge on any atom is 0.156 e. The molecule has 244 valence electrons. The van der Waals surface area contributed by atoms with Gasteiger partial charge in [0.05, 0.1) is 11.4 Å². The Kier molecular flexibility index (Phi) is 6.22. The summed E-state index contributed by atoms with van der Waals surface area (Å²) >= 11 is 0. The van der Waals surface area contributed by atoms with Crippen LogP contribution in [-0.2, 0) is 0 Å². The molecule has 2 aliphatic rings. The number of hydrogen-bond acceptors (Lipinski definition) is 4. The Hall–Kier alpha value is -7.04. The second kappa shape index (κ2) is 11.2. The van der Waals surface area contributed by atoms with E-state index in [0.717, 1.165) is 107 Å². The smallest absolute Gasteiger partial charge is 0.156 e. The Morgan fingerprint density at radius 3 is 1.75 bits per heavy atom. The van der Waals surface area contributed by atoms with Crippen molar-refractivity contribution >= 4 is 39.0 Å². The molecule has 0 radical (unpaired) electrons. The van der Waals surface area contributed by atoms with E-state index in [1.54, 1.807) is 0 Å². The lowest BCUT2D eigenvalue weighted by atomic mass is 9.92. The predicted molar refractivity (Wildman–Crippen MR) is 210 cm³/mol. The van der Waals surface area contributed by atoms with Gasteiger partial charge in [0.15, 0.2) is 23.0 Å². The Balaban J connectivity index is 1.02. The van der Waals surface area contributed by atoms with Crippen LogP contribution in [0.3, 0.4) is 0 Å². The fourth-order valence-corrected chi connectivity index (χ4v) is 7.83. The fraction of sp³-hybridized carbons (Fsp3) is 0. The zero-order valence-electron chi connectivity index (χ0n) is 27.9. The van der Waals surface area contributed by atoms with Crippen molar-refractivity contribution < 1.29 is 13.9 Å². The van der Waals surface area contributed by atoms with Crippen LogP contribution in [0.25, 0.3) is 66.4 Å². The van der Waals surface area contributed by atoms with E-state index in [-0.39, 0.29) is 0 Å². The number of benzene rings is 8. The SMILES string of the molecule is c1ccc(-c2ccc3c(c2)Oc2cc(-c4ccccc4-c4ccc(-c5cccc6c5oc5ccccc56)cc4)cc4c2N3c2ccccc2O4)cc1. The Bertz CT molecular complexity index is 2850. The molecule has 0 bridgehead atoms. The molecule has 9 aromatic rings. The van der Waals surface area contributed by atoms with Crippen molar-refractivity contribution in [3.8, 4) is 67.5 Å². The molecular formula is C48H29NO3. The number of anilines is 3. The number of ether oxygens (including phenoxy) is 2. The van der Waals surface area contributed by atoms with Crippen LogP contribution < -0.4 is 14.4 Å². The summed E-state index contributed by atoms with van der Waals surface area (Å²) in [7, 11) is 0. The van der Waals surface area contributed by atoms with E-state index in [1.807, 2.05) is 36.4 Å². The van der Waals surface area contributed by atoms with E-state index >= 15 is 0 Å². The lowest BCUT2D eigenvalue weighted by molar-refractivity contribution is 0.446. The molecule has 0 spiro atoms. The summed E-state index contributed by atoms with van der Waals surface area (Å²) in [5.74, 6) is 3.12. The van der Waals surface area contributed by atoms with Crippen LogP contribution >= 0.6 is 0 Å². The average Bonchev–Trinajstić information content (AvgIpc) is 3.60. The topological polar surface area (TPSA) is 34.8 Å². The van der Waals surface area contributed by atoms with Gasteiger partial charge in [-0.1, -0.05) is 133 Å². The largest absolute Gasteiger partial charge is 0.455 e. The summed E-state index contributed by atoms with van der Waals surface area (Å²) < 4.78 is 19.8. The molecule has 4 heteroatoms. The first-order valence-corrected chi connectivity index (χ1v) is 17.5. The molecule has 0 aliphatic carbocycles. The predicted octanol–water partition coefficient (Wildman–Crippen LogP) is 13.9. The summed E-state index contributed by atoms with van der Waals surface area (Å²) in [6.07, 6.45) is 0. The van der Waals surface area contributed by atoms with Gasteiger partial charge in [-0.05, 0) is 81.4 Å². The molecule has 0 atom stereocenters. The number of hydrogen-bond donors (Lipinski definition) is 0. The van der Waals surface area contributed by atoms with Crippen molar-refractivity contribution in [1.82, 2.24) is 0 Å². The lowest BCUT2D eigenvalue weighted by Gasteiger charge is -2.38. The minimum Gasteiger partial charge on any atom is -0.455 e. The Morgan fingerprint density at radius 1 is 0.346 bits per heavy atom. The minimum absolute atomic E-state index is 0.754. The van der Waals surface area contributed by atoms with Crippen molar-refractivity contribution in [2.24, 2.45) is 0 Å². The quantitative estimate of drug-likeness (QED) is 0.187. The van der Waals surface area contributed by atoms with E-state index < -0.39 is 0 Å². The van der Waals surface area contributed by atoms with Crippen LogP contribution in [0.2, 0.25) is 0 Å². The molecule has 8 aromatic carbocycles. The van der Waals surface area contributed by atoms with Gasteiger partial charge in [-0.25, -0.2) is 0 Å². The van der Waals surface area contributed by atoms with E-state index in [4.69, 9.17) is 13.9 Å². The summed E-state index contributed by atoms with van der Waals surface area (Å²) in [6.45, 7) is 0. The minimum atomic E-state index is 0.754. The van der Waals surface area contributed by atoms with Crippen LogP contribution in [-0.4, -0.2) is 0 Å². The number of nitrogens with zero attached hydrogens (tertiary/aromatic N) is 1. The first-order chi connectivity index (χ1) is 25.8. The van der Waals surface area contributed by atoms with Gasteiger partial charge in [0.2, 0.25) is 0 Å². The highest BCUT2D eigenvalue weighted by Gasteiger charge is 2.35. The third-order valence-corrected chi connectivity index (χ3v) is 10.3. The molecule has 1 aromatic heterocycles. The second-order valence-corrected chi connectivity index (χ2v) is 13.3. The average molecular weight is 668 g/mol. The molecule has 0 unspecified atom stereocenters. The summed E-state index contributed by atoms with van der Waals surface area (Å²) in [5.41, 5.74) is 13.5. The van der Waals surface area contributed by atoms with Gasteiger partial charge in [0, 0.05) is 16.3 Å². The second-order valence-electron chi connectivity index (χ2n) is 13.3. The molecule has 0 saturated heterocycles. The number of furan rings is 1. The highest BCUT2D eigenvalue weighted by Crippen LogP contribution is 2.61. The highest BCUT2D eigenvalue weighted by atomic mass is 16.5. The van der Waals surface area contributed by atoms with E-state index in [1.165, 1.54) is 0 Å². The standard InChI is InChI=1S/C48H29NO3/c1-2-11-30(12-3-1)33-25-26-41-44(27-33)51-46-29-34(28-45-47(46)49(41)40-18-7-9-20-43(40)50-45)36-14-5-4-13-35(36)31-21-23-32(24-22-31)37-16-10-17-39-38-15-6-8-19-42(38)52-48(37)39/h1-29H. The molecule has 0 fully saturated rings. The molecule has 52 heavy (non-hydrogen) atoms. The summed E-state index contributed by atoms with van der Waals surface area (Å²) in [4.78, 5) is 2.27. The van der Waals surface area contributed by atoms with Crippen molar-refractivity contribution in [2.45, 2.75) is 0 Å². The van der Waals surface area contributed by atoms with Gasteiger partial charge in [0.25, 0.3) is 0 Å². The van der Waals surface area contributed by atoms with Gasteiger partial charge >= 0.3 is 0 Å². The van der Waals surface area contributed by atoms with Gasteiger partial charge in [-0.2, -0.15) is 0 Å². The third kappa shape index (κ3) is 4.41. The fourth-order valence-electron chi connectivity index (χ4n) is 7.83. The van der Waals surface area contributed by atoms with Crippen molar-refractivity contribution in [2.75, 3.05) is 4.90 Å². The zero-order chi connectivity index (χ0) is 34.2. The molecule has 4 nitrogen and oxygen atoms in total. The Labute approximate surface area is 300 Å². The van der Waals surface area contributed by atoms with Crippen molar-refractivity contribution in [3.05, 3.63) is 176 Å². The van der Waals surface area contributed by atoms with E-state index in [2.05, 4.69) is 144 Å². The van der Waals surface area contributed by atoms with Crippen LogP contribution in [0.1, 0.15) is 0 Å². The zero-order valence-corrected chi connectivity index (χ0v) is 27.9.